The van der Waals surface area contributed by atoms with Gasteiger partial charge in [0.1, 0.15) is 6.04 Å². The van der Waals surface area contributed by atoms with Crippen LogP contribution in [-0.4, -0.2) is 62.5 Å². The van der Waals surface area contributed by atoms with Crippen LogP contribution in [0.4, 0.5) is 0 Å². The Balaban J connectivity index is 0.00000121. The summed E-state index contributed by atoms with van der Waals surface area (Å²) in [5.74, 6) is -1.00. The first kappa shape index (κ1) is 12.3. The number of hydrogen-bond donors (Lipinski definition) is 2. The fourth-order valence-electron chi connectivity index (χ4n) is 0.803. The maximum Gasteiger partial charge on any atom is 0.325 e. The first-order chi connectivity index (χ1) is 5.22. The van der Waals surface area contributed by atoms with Crippen LogP contribution in [0.15, 0.2) is 30.3 Å². The molecule has 3 N–H and O–H groups in total. The molecule has 1 atom stereocenters. The zero-order valence-corrected chi connectivity index (χ0v) is 10.0. The molecule has 0 bridgehead atoms. The van der Waals surface area contributed by atoms with E-state index in [-0.39, 0.29) is 51.4 Å². The molecule has 3 nitrogen and oxygen atoms in total. The molecule has 0 amide bonds. The Morgan fingerprint density at radius 2 is 1.83 bits per heavy atom. The van der Waals surface area contributed by atoms with E-state index >= 15 is 0 Å². The smallest absolute Gasteiger partial charge is 0.325 e. The van der Waals surface area contributed by atoms with Crippen molar-refractivity contribution in [3.05, 3.63) is 35.9 Å². The van der Waals surface area contributed by atoms with E-state index in [4.69, 9.17) is 10.8 Å². The van der Waals surface area contributed by atoms with E-state index in [0.717, 1.165) is 0 Å². The normalized spacial score (nSPS) is 11.4. The average Bonchev–Trinajstić information content (AvgIpc) is 2.05. The van der Waals surface area contributed by atoms with Gasteiger partial charge in [0.25, 0.3) is 0 Å². The molecule has 1 rings (SSSR count). The summed E-state index contributed by atoms with van der Waals surface area (Å²) in [5.41, 5.74) is 5.96. The van der Waals surface area contributed by atoms with Crippen molar-refractivity contribution in [3.8, 4) is 0 Å². The van der Waals surface area contributed by atoms with Crippen LogP contribution >= 0.6 is 0 Å². The van der Waals surface area contributed by atoms with E-state index in [1.165, 1.54) is 0 Å². The van der Waals surface area contributed by atoms with Gasteiger partial charge in [0.05, 0.1) is 0 Å². The van der Waals surface area contributed by atoms with Gasteiger partial charge in [0, 0.05) is 51.4 Å². The molecule has 0 aliphatic heterocycles. The number of aliphatic carboxylic acids is 1. The molecule has 0 spiro atoms. The first-order valence-corrected chi connectivity index (χ1v) is 3.25. The van der Waals surface area contributed by atoms with Gasteiger partial charge in [-0.3, -0.25) is 4.79 Å². The second kappa shape index (κ2) is 5.85. The van der Waals surface area contributed by atoms with Crippen molar-refractivity contribution in [2.75, 3.05) is 0 Å². The Kier molecular flexibility index (Phi) is 5.99. The van der Waals surface area contributed by atoms with E-state index in [1.807, 2.05) is 6.07 Å². The zero-order chi connectivity index (χ0) is 8.27. The third-order valence-corrected chi connectivity index (χ3v) is 1.42. The van der Waals surface area contributed by atoms with Gasteiger partial charge >= 0.3 is 5.97 Å². The fourth-order valence-corrected chi connectivity index (χ4v) is 0.803. The summed E-state index contributed by atoms with van der Waals surface area (Å²) in [5, 5.41) is 8.51. The number of benzene rings is 1. The Hall–Kier alpha value is 0.286. The van der Waals surface area contributed by atoms with Crippen LogP contribution in [0, 0.1) is 0 Å². The summed E-state index contributed by atoms with van der Waals surface area (Å²) in [6.07, 6.45) is 0. The molecule has 0 unspecified atom stereocenters. The Labute approximate surface area is 113 Å². The number of hydrogen-bond acceptors (Lipinski definition) is 2. The third-order valence-electron chi connectivity index (χ3n) is 1.42. The summed E-state index contributed by atoms with van der Waals surface area (Å²) in [6, 6.07) is 7.82. The van der Waals surface area contributed by atoms with Crippen molar-refractivity contribution in [2.45, 2.75) is 6.04 Å². The number of carboxylic acids is 1. The summed E-state index contributed by atoms with van der Waals surface area (Å²) < 4.78 is 0. The molecule has 0 aliphatic rings. The van der Waals surface area contributed by atoms with Crippen molar-refractivity contribution in [2.24, 2.45) is 5.73 Å². The molecule has 0 heterocycles. The number of carbonyl (C=O) groups is 1. The van der Waals surface area contributed by atoms with Crippen LogP contribution in [0.25, 0.3) is 0 Å². The molecule has 0 aliphatic carbocycles. The van der Waals surface area contributed by atoms with Crippen LogP contribution in [0.3, 0.4) is 0 Å². The number of carboxylic acid groups (broad SMARTS) is 1. The largest absolute Gasteiger partial charge is 0.480 e. The minimum Gasteiger partial charge on any atom is -0.480 e. The minimum absolute atomic E-state index is 0. The predicted octanol–water partition coefficient (Wildman–Crippen LogP) is 0.390. The molecular formula is C8H9KNO2. The van der Waals surface area contributed by atoms with E-state index in [9.17, 15) is 4.79 Å². The standard InChI is InChI=1S/C8H9NO2.K/c9-7(8(10)11)6-4-2-1-3-5-6;/h1-5,7H,9H2,(H,10,11);/t7-;/m1./s1. The van der Waals surface area contributed by atoms with Gasteiger partial charge in [-0.1, -0.05) is 30.3 Å². The number of rotatable bonds is 2. The van der Waals surface area contributed by atoms with Gasteiger partial charge in [0.2, 0.25) is 0 Å². The van der Waals surface area contributed by atoms with Crippen molar-refractivity contribution in [3.63, 3.8) is 0 Å². The van der Waals surface area contributed by atoms with E-state index in [1.54, 1.807) is 24.3 Å². The van der Waals surface area contributed by atoms with Crippen molar-refractivity contribution < 1.29 is 9.90 Å². The van der Waals surface area contributed by atoms with E-state index < -0.39 is 12.0 Å². The van der Waals surface area contributed by atoms with E-state index in [2.05, 4.69) is 0 Å². The Morgan fingerprint density at radius 3 is 2.25 bits per heavy atom. The summed E-state index contributed by atoms with van der Waals surface area (Å²) in [7, 11) is 0. The first-order valence-electron chi connectivity index (χ1n) is 3.25. The molecule has 12 heavy (non-hydrogen) atoms. The monoisotopic (exact) mass is 190 g/mol. The minimum atomic E-state index is -1.00. The van der Waals surface area contributed by atoms with Gasteiger partial charge in [-0.25, -0.2) is 0 Å². The molecule has 59 valence electrons. The number of nitrogens with two attached hydrogens (primary N) is 1. The quantitative estimate of drug-likeness (QED) is 0.663. The van der Waals surface area contributed by atoms with Crippen LogP contribution in [0.2, 0.25) is 0 Å². The summed E-state index contributed by atoms with van der Waals surface area (Å²) >= 11 is 0. The van der Waals surface area contributed by atoms with Crippen LogP contribution in [0.1, 0.15) is 11.6 Å². The molecule has 1 aromatic carbocycles. The van der Waals surface area contributed by atoms with Crippen molar-refractivity contribution in [1.29, 1.82) is 0 Å². The predicted molar refractivity (Wildman–Crippen MR) is 46.8 cm³/mol. The molecule has 1 aromatic rings. The maximum absolute atomic E-state index is 10.4. The Morgan fingerprint density at radius 1 is 1.33 bits per heavy atom. The molecule has 0 aromatic heterocycles. The second-order valence-corrected chi connectivity index (χ2v) is 2.23. The van der Waals surface area contributed by atoms with Gasteiger partial charge in [-0.05, 0) is 5.56 Å². The van der Waals surface area contributed by atoms with Crippen LogP contribution in [0.5, 0.6) is 0 Å². The van der Waals surface area contributed by atoms with Gasteiger partial charge in [0.15, 0.2) is 0 Å². The molecule has 0 saturated heterocycles. The van der Waals surface area contributed by atoms with Gasteiger partial charge in [-0.2, -0.15) is 0 Å². The van der Waals surface area contributed by atoms with Crippen LogP contribution in [-0.2, 0) is 4.79 Å². The molecule has 0 saturated carbocycles. The topological polar surface area (TPSA) is 63.3 Å². The molecule has 1 radical (unpaired) electrons. The SMILES string of the molecule is N[C@@H](C(=O)O)c1ccccc1.[K]. The average molecular weight is 190 g/mol. The molecular weight excluding hydrogens is 181 g/mol. The van der Waals surface area contributed by atoms with E-state index in [0.29, 0.717) is 5.56 Å². The summed E-state index contributed by atoms with van der Waals surface area (Å²) in [4.78, 5) is 10.4. The third kappa shape index (κ3) is 3.34. The Bertz CT molecular complexity index is 250. The zero-order valence-electron chi connectivity index (χ0n) is 6.90. The summed E-state index contributed by atoms with van der Waals surface area (Å²) in [6.45, 7) is 0. The van der Waals surface area contributed by atoms with Crippen LogP contribution < -0.4 is 5.73 Å². The molecule has 0 fully saturated rings. The van der Waals surface area contributed by atoms with Gasteiger partial charge in [-0.15, -0.1) is 0 Å². The molecule has 4 heteroatoms. The second-order valence-electron chi connectivity index (χ2n) is 2.23. The van der Waals surface area contributed by atoms with Crippen molar-refractivity contribution >= 4 is 57.4 Å². The maximum atomic E-state index is 10.4. The van der Waals surface area contributed by atoms with Gasteiger partial charge < -0.3 is 10.8 Å². The fraction of sp³-hybridized carbons (Fsp3) is 0.125. The van der Waals surface area contributed by atoms with Crippen molar-refractivity contribution in [1.82, 2.24) is 0 Å².